The van der Waals surface area contributed by atoms with E-state index in [0.717, 1.165) is 105 Å². The van der Waals surface area contributed by atoms with Gasteiger partial charge in [0.25, 0.3) is 0 Å². The number of nitriles is 3. The fourth-order valence-electron chi connectivity index (χ4n) is 23.3. The number of aromatic nitrogens is 9. The average Bonchev–Trinajstić information content (AvgIpc) is 1.56. The first kappa shape index (κ1) is 90.8. The average molecular weight is 1920 g/mol. The highest BCUT2D eigenvalue weighted by Gasteiger charge is 2.42. The molecule has 27 rings (SSSR count). The van der Waals surface area contributed by atoms with Gasteiger partial charge in [-0.15, -0.1) is 0 Å². The highest BCUT2D eigenvalue weighted by Crippen LogP contribution is 2.58. The second-order valence-corrected chi connectivity index (χ2v) is 39.6. The molecule has 6 aromatic heterocycles. The summed E-state index contributed by atoms with van der Waals surface area (Å²) in [6.07, 6.45) is 0. The lowest BCUT2D eigenvalue weighted by atomic mass is 9.80. The molecular formula is C135H87N15. The zero-order valence-corrected chi connectivity index (χ0v) is 82.5. The standard InChI is InChI=1S/3C45H29N5/c1-45(2)35-20-12-10-18-31(35)32-23-25-39-40(41(32)45)33-19-11-13-21-37(33)50(39)38-24-22-30(26-36(38)47-3)43-34(27-46)42(28-14-6-4-7-15-28)48-44(49-43)29-16-8-5-9-17-29;1-45(2)34-20-12-10-18-31(34)40-35(45)23-25-39-41(40)32-19-11-13-21-37(32)50(39)38-24-22-30(26-36(38)47-3)43-33(27-46)42(28-14-6-4-7-15-28)48-44(49-43)29-16-8-5-9-17-29;1-45(2)36-20-12-10-18-31(36)33-26-41-34(25-37(33)45)32-19-11-13-21-39(32)50(41)40-23-22-30(24-38(40)47-3)43-35(27-46)42(28-14-6-4-7-15-28)48-44(49-43)29-16-8-5-9-17-29/h3*4-26H,1-2H3. The third-order valence-electron chi connectivity index (χ3n) is 30.2. The Hall–Kier alpha value is -20.5. The van der Waals surface area contributed by atoms with Gasteiger partial charge in [0.2, 0.25) is 17.1 Å². The first-order valence-electron chi connectivity index (χ1n) is 49.8. The van der Waals surface area contributed by atoms with Gasteiger partial charge in [-0.25, -0.2) is 44.4 Å². The van der Waals surface area contributed by atoms with Crippen molar-refractivity contribution in [3.05, 3.63) is 503 Å². The van der Waals surface area contributed by atoms with Gasteiger partial charge in [-0.2, -0.15) is 15.8 Å². The number of rotatable bonds is 12. The fraction of sp³-hybridized carbons (Fsp3) is 0.0667. The summed E-state index contributed by atoms with van der Waals surface area (Å²) < 4.78 is 6.65. The van der Waals surface area contributed by atoms with Crippen LogP contribution in [0.1, 0.15) is 91.6 Å². The lowest BCUT2D eigenvalue weighted by Gasteiger charge is -2.22. The Kier molecular flexibility index (Phi) is 21.9. The molecule has 0 N–H and O–H groups in total. The van der Waals surface area contributed by atoms with Crippen molar-refractivity contribution >= 4 is 82.5 Å². The molecule has 0 atom stereocenters. The Morgan fingerprint density at radius 2 is 0.533 bits per heavy atom. The van der Waals surface area contributed by atoms with E-state index in [4.69, 9.17) is 49.6 Å². The Morgan fingerprint density at radius 3 is 0.940 bits per heavy atom. The highest BCUT2D eigenvalue weighted by molar-refractivity contribution is 6.19. The van der Waals surface area contributed by atoms with Crippen LogP contribution in [0.4, 0.5) is 17.1 Å². The van der Waals surface area contributed by atoms with Crippen molar-refractivity contribution in [1.82, 2.24) is 43.6 Å². The van der Waals surface area contributed by atoms with Gasteiger partial charge in [-0.05, 0) is 162 Å². The first-order valence-corrected chi connectivity index (χ1v) is 49.8. The van der Waals surface area contributed by atoms with E-state index in [9.17, 15) is 15.8 Å². The van der Waals surface area contributed by atoms with Crippen LogP contribution in [-0.2, 0) is 16.2 Å². The van der Waals surface area contributed by atoms with Crippen molar-refractivity contribution < 1.29 is 0 Å². The maximum Gasteiger partial charge on any atom is 0.211 e. The van der Waals surface area contributed by atoms with E-state index in [1.807, 2.05) is 243 Å². The number of hydrogen-bond acceptors (Lipinski definition) is 9. The molecule has 3 aliphatic rings. The molecule has 3 aliphatic carbocycles. The van der Waals surface area contributed by atoms with E-state index in [-0.39, 0.29) is 16.2 Å². The van der Waals surface area contributed by atoms with E-state index in [1.165, 1.54) is 77.5 Å². The molecule has 0 unspecified atom stereocenters. The third-order valence-corrected chi connectivity index (χ3v) is 30.2. The molecule has 0 saturated heterocycles. The van der Waals surface area contributed by atoms with Gasteiger partial charge in [0.1, 0.15) is 34.9 Å². The minimum absolute atomic E-state index is 0.125. The smallest absolute Gasteiger partial charge is 0.211 e. The predicted molar refractivity (Wildman–Crippen MR) is 604 cm³/mol. The van der Waals surface area contributed by atoms with Gasteiger partial charge >= 0.3 is 0 Å². The van der Waals surface area contributed by atoms with E-state index >= 15 is 0 Å². The molecular weight excluding hydrogens is 1830 g/mol. The summed E-state index contributed by atoms with van der Waals surface area (Å²) in [5, 5.41) is 38.6. The highest BCUT2D eigenvalue weighted by atomic mass is 15.0. The molecule has 150 heavy (non-hydrogen) atoms. The van der Waals surface area contributed by atoms with Crippen LogP contribution in [0.25, 0.3) is 232 Å². The quantitative estimate of drug-likeness (QED) is 0.108. The van der Waals surface area contributed by atoms with E-state index in [0.29, 0.717) is 102 Å². The van der Waals surface area contributed by atoms with Crippen molar-refractivity contribution in [3.63, 3.8) is 0 Å². The molecule has 0 spiro atoms. The summed E-state index contributed by atoms with van der Waals surface area (Å²) in [7, 11) is 0. The summed E-state index contributed by atoms with van der Waals surface area (Å²) in [6, 6.07) is 148. The summed E-state index contributed by atoms with van der Waals surface area (Å²) in [5.41, 5.74) is 36.4. The van der Waals surface area contributed by atoms with Gasteiger partial charge in [-0.3, -0.25) is 0 Å². The molecule has 0 bridgehead atoms. The number of para-hydroxylation sites is 3. The van der Waals surface area contributed by atoms with Crippen molar-refractivity contribution in [2.24, 2.45) is 0 Å². The van der Waals surface area contributed by atoms with Crippen LogP contribution >= 0.6 is 0 Å². The minimum atomic E-state index is -0.194. The molecule has 15 nitrogen and oxygen atoms in total. The van der Waals surface area contributed by atoms with Crippen LogP contribution in [0.2, 0.25) is 0 Å². The third kappa shape index (κ3) is 14.6. The fourth-order valence-corrected chi connectivity index (χ4v) is 23.3. The number of hydrogen-bond donors (Lipinski definition) is 0. The largest absolute Gasteiger partial charge is 0.319 e. The van der Waals surface area contributed by atoms with Gasteiger partial charge in [0.05, 0.1) is 104 Å². The van der Waals surface area contributed by atoms with Crippen LogP contribution in [-0.4, -0.2) is 43.6 Å². The zero-order valence-electron chi connectivity index (χ0n) is 82.5. The number of nitrogens with zero attached hydrogens (tertiary/aromatic N) is 15. The molecule has 0 amide bonds. The normalized spacial score (nSPS) is 12.7. The second kappa shape index (κ2) is 36.1. The molecule has 6 heterocycles. The van der Waals surface area contributed by atoms with E-state index in [2.05, 4.69) is 264 Å². The van der Waals surface area contributed by atoms with Gasteiger partial charge < -0.3 is 13.7 Å². The number of benzene rings is 18. The maximum absolute atomic E-state index is 10.5. The van der Waals surface area contributed by atoms with Crippen LogP contribution in [0.5, 0.6) is 0 Å². The zero-order chi connectivity index (χ0) is 102. The van der Waals surface area contributed by atoms with Crippen LogP contribution < -0.4 is 0 Å². The molecule has 0 radical (unpaired) electrons. The summed E-state index contributed by atoms with van der Waals surface area (Å²) in [4.78, 5) is 41.8. The molecule has 0 saturated carbocycles. The number of fused-ring (bicyclic) bond motifs is 20. The first-order chi connectivity index (χ1) is 73.5. The van der Waals surface area contributed by atoms with E-state index in [1.54, 1.807) is 0 Å². The Morgan fingerprint density at radius 1 is 0.227 bits per heavy atom. The molecule has 702 valence electrons. The van der Waals surface area contributed by atoms with Gasteiger partial charge in [0, 0.05) is 81.9 Å². The predicted octanol–water partition coefficient (Wildman–Crippen LogP) is 33.9. The minimum Gasteiger partial charge on any atom is -0.319 e. The topological polar surface area (TPSA) is 177 Å². The lowest BCUT2D eigenvalue weighted by Crippen LogP contribution is -2.15. The summed E-state index contributed by atoms with van der Waals surface area (Å²) in [6.45, 7) is 39.0. The second-order valence-electron chi connectivity index (χ2n) is 39.6. The van der Waals surface area contributed by atoms with Crippen LogP contribution in [0.3, 0.4) is 0 Å². The molecule has 18 aromatic carbocycles. The van der Waals surface area contributed by atoms with Crippen LogP contribution in [0, 0.1) is 53.7 Å². The Balaban J connectivity index is 0.000000116. The Bertz CT molecular complexity index is 9840. The molecule has 0 aliphatic heterocycles. The van der Waals surface area contributed by atoms with Crippen LogP contribution in [0.15, 0.2) is 419 Å². The molecule has 0 fully saturated rings. The van der Waals surface area contributed by atoms with Gasteiger partial charge in [0.15, 0.2) is 17.5 Å². The maximum atomic E-state index is 10.5. The SMILES string of the molecule is [C-]#[N+]c1cc(-c2nc(-c3ccccc3)nc(-c3ccccc3)c2C#N)ccc1-n1c2ccccc2c2c3c(ccc21)-c1ccccc1C3(C)C.[C-]#[N+]c1cc(-c2nc(-c3ccccc3)nc(-c3ccccc3)c2C#N)ccc1-n1c2ccccc2c2c3c(ccc21)C(C)(C)c1ccccc1-3.[C-]#[N+]c1cc(-c2nc(-c3ccccc3)nc(-c3ccccc3)c2C#N)ccc1-n1c2ccccc2c2cc3c(cc21)-c1ccccc1C3(C)C. The molecule has 15 heteroatoms. The van der Waals surface area contributed by atoms with Crippen molar-refractivity contribution in [2.45, 2.75) is 57.8 Å². The van der Waals surface area contributed by atoms with Crippen molar-refractivity contribution in [2.75, 3.05) is 0 Å². The van der Waals surface area contributed by atoms with Crippen molar-refractivity contribution in [3.8, 4) is 170 Å². The summed E-state index contributed by atoms with van der Waals surface area (Å²) in [5.74, 6) is 1.56. The Labute approximate surface area is 867 Å². The van der Waals surface area contributed by atoms with Crippen molar-refractivity contribution in [1.29, 1.82) is 15.8 Å². The van der Waals surface area contributed by atoms with E-state index < -0.39 is 0 Å². The molecule has 24 aromatic rings. The lowest BCUT2D eigenvalue weighted by molar-refractivity contribution is 0.661. The van der Waals surface area contributed by atoms with Gasteiger partial charge in [-0.1, -0.05) is 381 Å². The monoisotopic (exact) mass is 1920 g/mol. The summed E-state index contributed by atoms with van der Waals surface area (Å²) >= 11 is 0.